The fourth-order valence-corrected chi connectivity index (χ4v) is 5.27. The highest BCUT2D eigenvalue weighted by Gasteiger charge is 2.42. The molecule has 6 nitrogen and oxygen atoms in total. The maximum atomic E-state index is 13.6. The molecule has 2 aliphatic heterocycles. The molecule has 0 spiro atoms. The van der Waals surface area contributed by atoms with Crippen LogP contribution >= 0.6 is 23.2 Å². The van der Waals surface area contributed by atoms with Crippen LogP contribution in [-0.4, -0.2) is 36.3 Å². The molecule has 9 heteroatoms. The van der Waals surface area contributed by atoms with E-state index in [0.29, 0.717) is 22.3 Å². The average molecular weight is 551 g/mol. The van der Waals surface area contributed by atoms with Crippen molar-refractivity contribution in [1.82, 2.24) is 15.6 Å². The molecule has 0 saturated heterocycles. The Hall–Kier alpha value is -3.65. The standard InChI is InChI=1S/C29H25Cl2FN4O2/c1-18(20-5-3-2-4-6-20)33-29(38)27-24-16-35(17-37)15-21(13-19-7-10-23(32)11-8-19)28(24)36(34-27)26-12-9-22(30)14-25(26)31/h2-14,17-18,27,34H,15-16H2,1H3,(H,33,38)/b21-13+/t18-,27?/m1/s1. The molecule has 0 aliphatic carbocycles. The van der Waals surface area contributed by atoms with Gasteiger partial charge in [0.1, 0.15) is 11.9 Å². The predicted molar refractivity (Wildman–Crippen MR) is 148 cm³/mol. The second kappa shape index (κ2) is 11.0. The van der Waals surface area contributed by atoms with Gasteiger partial charge in [-0.25, -0.2) is 9.82 Å². The lowest BCUT2D eigenvalue weighted by Gasteiger charge is -2.31. The molecule has 0 radical (unpaired) electrons. The van der Waals surface area contributed by atoms with Crippen LogP contribution in [0.3, 0.4) is 0 Å². The van der Waals surface area contributed by atoms with Crippen molar-refractivity contribution in [1.29, 1.82) is 0 Å². The molecular weight excluding hydrogens is 526 g/mol. The third-order valence-electron chi connectivity index (χ3n) is 6.62. The molecular formula is C29H25Cl2FN4O2. The summed E-state index contributed by atoms with van der Waals surface area (Å²) in [5, 5.41) is 5.75. The zero-order valence-electron chi connectivity index (χ0n) is 20.5. The Morgan fingerprint density at radius 2 is 1.82 bits per heavy atom. The summed E-state index contributed by atoms with van der Waals surface area (Å²) in [6.45, 7) is 2.48. The highest BCUT2D eigenvalue weighted by molar-refractivity contribution is 6.36. The van der Waals surface area contributed by atoms with Crippen molar-refractivity contribution in [3.63, 3.8) is 0 Å². The zero-order chi connectivity index (χ0) is 26.8. The van der Waals surface area contributed by atoms with Crippen LogP contribution in [0.4, 0.5) is 10.1 Å². The number of carbonyl (C=O) groups is 2. The molecule has 2 heterocycles. The first-order chi connectivity index (χ1) is 18.3. The number of amides is 2. The number of rotatable bonds is 6. The minimum absolute atomic E-state index is 0.234. The Morgan fingerprint density at radius 3 is 2.50 bits per heavy atom. The molecule has 3 aromatic carbocycles. The maximum absolute atomic E-state index is 13.6. The summed E-state index contributed by atoms with van der Waals surface area (Å²) in [7, 11) is 0. The molecule has 0 bridgehead atoms. The first kappa shape index (κ1) is 26.0. The van der Waals surface area contributed by atoms with Crippen LogP contribution < -0.4 is 15.8 Å². The molecule has 38 heavy (non-hydrogen) atoms. The Bertz CT molecular complexity index is 1430. The second-order valence-electron chi connectivity index (χ2n) is 9.24. The van der Waals surface area contributed by atoms with Crippen LogP contribution in [0.15, 0.2) is 89.6 Å². The number of nitrogens with zero attached hydrogens (tertiary/aromatic N) is 2. The molecule has 2 amide bonds. The normalized spacial score (nSPS) is 18.9. The molecule has 1 unspecified atom stereocenters. The predicted octanol–water partition coefficient (Wildman–Crippen LogP) is 5.51. The van der Waals surface area contributed by atoms with Crippen LogP contribution in [0.25, 0.3) is 6.08 Å². The molecule has 2 N–H and O–H groups in total. The second-order valence-corrected chi connectivity index (χ2v) is 10.1. The van der Waals surface area contributed by atoms with E-state index < -0.39 is 6.04 Å². The van der Waals surface area contributed by atoms with Crippen molar-refractivity contribution in [2.45, 2.75) is 19.0 Å². The molecule has 0 saturated carbocycles. The minimum atomic E-state index is -0.762. The van der Waals surface area contributed by atoms with Crippen LogP contribution in [0.2, 0.25) is 10.0 Å². The summed E-state index contributed by atoms with van der Waals surface area (Å²) in [6, 6.07) is 19.9. The molecule has 0 aromatic heterocycles. The molecule has 194 valence electrons. The van der Waals surface area contributed by atoms with Gasteiger partial charge in [-0.05, 0) is 60.0 Å². The van der Waals surface area contributed by atoms with Gasteiger partial charge in [0.2, 0.25) is 12.3 Å². The monoisotopic (exact) mass is 550 g/mol. The molecule has 0 fully saturated rings. The summed E-state index contributed by atoms with van der Waals surface area (Å²) in [5.74, 6) is -0.582. The number of halogens is 3. The Morgan fingerprint density at radius 1 is 1.08 bits per heavy atom. The van der Waals surface area contributed by atoms with E-state index in [1.165, 1.54) is 12.1 Å². The van der Waals surface area contributed by atoms with E-state index in [2.05, 4.69) is 10.7 Å². The van der Waals surface area contributed by atoms with Gasteiger partial charge in [-0.1, -0.05) is 65.7 Å². The van der Waals surface area contributed by atoms with E-state index in [-0.39, 0.29) is 24.3 Å². The van der Waals surface area contributed by atoms with Crippen molar-refractivity contribution in [3.8, 4) is 0 Å². The molecule has 5 rings (SSSR count). The van der Waals surface area contributed by atoms with Crippen molar-refractivity contribution >= 4 is 47.3 Å². The van der Waals surface area contributed by atoms with E-state index in [1.54, 1.807) is 40.2 Å². The van der Waals surface area contributed by atoms with Crippen LogP contribution in [0, 0.1) is 5.82 Å². The Balaban J connectivity index is 1.58. The SMILES string of the molecule is C[C@@H](NC(=O)C1NN(c2ccc(Cl)cc2Cl)C2=C1CN(C=O)C/C2=C\c1ccc(F)cc1)c1ccccc1. The third-order valence-corrected chi connectivity index (χ3v) is 7.15. The van der Waals surface area contributed by atoms with Gasteiger partial charge >= 0.3 is 0 Å². The number of hydrazine groups is 1. The van der Waals surface area contributed by atoms with Crippen molar-refractivity contribution in [3.05, 3.63) is 117 Å². The fourth-order valence-electron chi connectivity index (χ4n) is 4.78. The number of carbonyl (C=O) groups excluding carboxylic acids is 2. The number of hydrogen-bond acceptors (Lipinski definition) is 4. The Kier molecular flexibility index (Phi) is 7.51. The van der Waals surface area contributed by atoms with E-state index in [4.69, 9.17) is 23.2 Å². The van der Waals surface area contributed by atoms with Crippen molar-refractivity contribution in [2.75, 3.05) is 18.1 Å². The summed E-state index contributed by atoms with van der Waals surface area (Å²) >= 11 is 12.8. The Labute approximate surface area is 230 Å². The van der Waals surface area contributed by atoms with E-state index in [1.807, 2.05) is 43.3 Å². The summed E-state index contributed by atoms with van der Waals surface area (Å²) in [4.78, 5) is 27.2. The highest BCUT2D eigenvalue weighted by atomic mass is 35.5. The first-order valence-corrected chi connectivity index (χ1v) is 12.8. The van der Waals surface area contributed by atoms with Gasteiger partial charge in [-0.3, -0.25) is 14.6 Å². The maximum Gasteiger partial charge on any atom is 0.243 e. The fraction of sp³-hybridized carbons (Fsp3) is 0.172. The van der Waals surface area contributed by atoms with Gasteiger partial charge in [-0.15, -0.1) is 0 Å². The topological polar surface area (TPSA) is 64.7 Å². The van der Waals surface area contributed by atoms with Crippen molar-refractivity contribution in [2.24, 2.45) is 0 Å². The minimum Gasteiger partial charge on any atom is -0.348 e. The van der Waals surface area contributed by atoms with E-state index >= 15 is 0 Å². The van der Waals surface area contributed by atoms with Crippen molar-refractivity contribution < 1.29 is 14.0 Å². The molecule has 2 atom stereocenters. The zero-order valence-corrected chi connectivity index (χ0v) is 22.0. The largest absolute Gasteiger partial charge is 0.348 e. The van der Waals surface area contributed by atoms with E-state index in [9.17, 15) is 14.0 Å². The average Bonchev–Trinajstić information content (AvgIpc) is 3.30. The quantitative estimate of drug-likeness (QED) is 0.397. The van der Waals surface area contributed by atoms with E-state index in [0.717, 1.165) is 34.4 Å². The molecule has 3 aromatic rings. The lowest BCUT2D eigenvalue weighted by molar-refractivity contribution is -0.123. The summed E-state index contributed by atoms with van der Waals surface area (Å²) in [5.41, 5.74) is 7.89. The summed E-state index contributed by atoms with van der Waals surface area (Å²) < 4.78 is 13.6. The smallest absolute Gasteiger partial charge is 0.243 e. The lowest BCUT2D eigenvalue weighted by atomic mass is 9.95. The lowest BCUT2D eigenvalue weighted by Crippen LogP contribution is -2.48. The van der Waals surface area contributed by atoms with Crippen LogP contribution in [0.1, 0.15) is 24.1 Å². The van der Waals surface area contributed by atoms with Crippen LogP contribution in [-0.2, 0) is 9.59 Å². The van der Waals surface area contributed by atoms with Gasteiger partial charge < -0.3 is 10.2 Å². The van der Waals surface area contributed by atoms with Gasteiger partial charge in [0.15, 0.2) is 0 Å². The van der Waals surface area contributed by atoms with Gasteiger partial charge in [-0.2, -0.15) is 0 Å². The first-order valence-electron chi connectivity index (χ1n) is 12.1. The number of nitrogens with one attached hydrogen (secondary N) is 2. The summed E-state index contributed by atoms with van der Waals surface area (Å²) in [6.07, 6.45) is 2.65. The number of hydrogen-bond donors (Lipinski definition) is 2. The van der Waals surface area contributed by atoms with Gasteiger partial charge in [0, 0.05) is 23.7 Å². The third kappa shape index (κ3) is 5.31. The van der Waals surface area contributed by atoms with Gasteiger partial charge in [0.25, 0.3) is 0 Å². The number of benzene rings is 3. The highest BCUT2D eigenvalue weighted by Crippen LogP contribution is 2.39. The number of anilines is 1. The molecule has 2 aliphatic rings. The van der Waals surface area contributed by atoms with Crippen LogP contribution in [0.5, 0.6) is 0 Å². The van der Waals surface area contributed by atoms with Gasteiger partial charge in [0.05, 0.1) is 22.4 Å².